The first-order valence-corrected chi connectivity index (χ1v) is 6.59. The zero-order valence-electron chi connectivity index (χ0n) is 11.5. The fraction of sp³-hybridized carbons (Fsp3) is 0.400. The smallest absolute Gasteiger partial charge is 0.323 e. The van der Waals surface area contributed by atoms with Crippen LogP contribution in [0.15, 0.2) is 30.0 Å². The van der Waals surface area contributed by atoms with Crippen molar-refractivity contribution in [1.82, 2.24) is 5.32 Å². The van der Waals surface area contributed by atoms with Crippen molar-refractivity contribution in [1.29, 1.82) is 0 Å². The van der Waals surface area contributed by atoms with E-state index in [1.807, 2.05) is 31.3 Å². The molecule has 0 aromatic heterocycles. The molecule has 0 bridgehead atoms. The maximum Gasteiger partial charge on any atom is 0.323 e. The Morgan fingerprint density at radius 3 is 2.74 bits per heavy atom. The van der Waals surface area contributed by atoms with E-state index in [0.29, 0.717) is 11.4 Å². The highest BCUT2D eigenvalue weighted by Crippen LogP contribution is 2.25. The van der Waals surface area contributed by atoms with Gasteiger partial charge < -0.3 is 15.4 Å². The highest BCUT2D eigenvalue weighted by atomic mass is 16.5. The van der Waals surface area contributed by atoms with Crippen molar-refractivity contribution in [3.05, 3.63) is 35.5 Å². The van der Waals surface area contributed by atoms with Gasteiger partial charge >= 0.3 is 6.03 Å². The van der Waals surface area contributed by atoms with Crippen molar-refractivity contribution in [2.24, 2.45) is 0 Å². The van der Waals surface area contributed by atoms with E-state index < -0.39 is 0 Å². The van der Waals surface area contributed by atoms with Crippen LogP contribution in [0.4, 0.5) is 10.5 Å². The molecule has 0 saturated heterocycles. The molecule has 0 unspecified atom stereocenters. The van der Waals surface area contributed by atoms with Gasteiger partial charge in [0.15, 0.2) is 0 Å². The number of amides is 2. The lowest BCUT2D eigenvalue weighted by molar-refractivity contribution is 0.255. The van der Waals surface area contributed by atoms with Crippen LogP contribution in [0.3, 0.4) is 0 Å². The number of rotatable bonds is 3. The number of anilines is 1. The summed E-state index contributed by atoms with van der Waals surface area (Å²) in [5.41, 5.74) is 3.07. The van der Waals surface area contributed by atoms with E-state index in [0.717, 1.165) is 18.4 Å². The minimum absolute atomic E-state index is 0.233. The Morgan fingerprint density at radius 1 is 1.32 bits per heavy atom. The molecule has 2 amide bonds. The predicted molar refractivity (Wildman–Crippen MR) is 76.4 cm³/mol. The summed E-state index contributed by atoms with van der Waals surface area (Å²) in [4.78, 5) is 11.8. The van der Waals surface area contributed by atoms with Gasteiger partial charge in [0.25, 0.3) is 0 Å². The van der Waals surface area contributed by atoms with Gasteiger partial charge in [0, 0.05) is 6.20 Å². The fourth-order valence-corrected chi connectivity index (χ4v) is 2.22. The Kier molecular flexibility index (Phi) is 4.44. The molecule has 0 atom stereocenters. The van der Waals surface area contributed by atoms with Crippen LogP contribution < -0.4 is 15.4 Å². The van der Waals surface area contributed by atoms with E-state index in [-0.39, 0.29) is 6.03 Å². The highest BCUT2D eigenvalue weighted by molar-refractivity contribution is 5.91. The van der Waals surface area contributed by atoms with Crippen LogP contribution in [0.2, 0.25) is 0 Å². The standard InChI is InChI=1S/C15H20N2O2/c1-11-7-8-14(19-2)13(9-11)17-15(18)16-10-12-5-3-4-6-12/h7-10H,3-6H2,1-2H3,(H2,16,17,18). The van der Waals surface area contributed by atoms with Crippen molar-refractivity contribution in [2.45, 2.75) is 32.6 Å². The molecule has 1 aliphatic carbocycles. The first-order valence-electron chi connectivity index (χ1n) is 6.59. The molecule has 1 saturated carbocycles. The predicted octanol–water partition coefficient (Wildman–Crippen LogP) is 3.58. The highest BCUT2D eigenvalue weighted by Gasteiger charge is 2.09. The molecule has 1 aromatic carbocycles. The van der Waals surface area contributed by atoms with Crippen LogP contribution >= 0.6 is 0 Å². The van der Waals surface area contributed by atoms with Gasteiger partial charge in [0.2, 0.25) is 0 Å². The zero-order chi connectivity index (χ0) is 13.7. The molecule has 4 nitrogen and oxygen atoms in total. The first kappa shape index (κ1) is 13.5. The Hall–Kier alpha value is -1.97. The van der Waals surface area contributed by atoms with Crippen LogP contribution in [-0.4, -0.2) is 13.1 Å². The summed E-state index contributed by atoms with van der Waals surface area (Å²) in [6.45, 7) is 1.98. The van der Waals surface area contributed by atoms with E-state index in [1.54, 1.807) is 7.11 Å². The van der Waals surface area contributed by atoms with Crippen LogP contribution in [0.25, 0.3) is 0 Å². The molecular weight excluding hydrogens is 240 g/mol. The van der Waals surface area contributed by atoms with Crippen molar-refractivity contribution >= 4 is 11.7 Å². The lowest BCUT2D eigenvalue weighted by Gasteiger charge is -2.11. The zero-order valence-corrected chi connectivity index (χ0v) is 11.5. The van der Waals surface area contributed by atoms with Gasteiger partial charge in [-0.3, -0.25) is 0 Å². The number of nitrogens with one attached hydrogen (secondary N) is 2. The van der Waals surface area contributed by atoms with Crippen molar-refractivity contribution in [2.75, 3.05) is 12.4 Å². The SMILES string of the molecule is COc1ccc(C)cc1NC(=O)NC=C1CCCC1. The summed E-state index contributed by atoms with van der Waals surface area (Å²) in [5.74, 6) is 0.661. The molecule has 4 heteroatoms. The molecule has 0 aliphatic heterocycles. The number of aryl methyl sites for hydroxylation is 1. The van der Waals surface area contributed by atoms with Crippen LogP contribution in [0, 0.1) is 6.92 Å². The molecule has 1 aliphatic rings. The minimum atomic E-state index is -0.233. The lowest BCUT2D eigenvalue weighted by atomic mass is 10.2. The van der Waals surface area contributed by atoms with E-state index >= 15 is 0 Å². The topological polar surface area (TPSA) is 50.4 Å². The van der Waals surface area contributed by atoms with Crippen molar-refractivity contribution in [3.8, 4) is 5.75 Å². The van der Waals surface area contributed by atoms with Gasteiger partial charge in [-0.25, -0.2) is 4.79 Å². The number of allylic oxidation sites excluding steroid dienone is 1. The third-order valence-corrected chi connectivity index (χ3v) is 3.26. The summed E-state index contributed by atoms with van der Waals surface area (Å²) in [6.07, 6.45) is 6.45. The molecule has 0 heterocycles. The van der Waals surface area contributed by atoms with Gasteiger partial charge in [-0.05, 0) is 50.3 Å². The third kappa shape index (κ3) is 3.74. The second-order valence-electron chi connectivity index (χ2n) is 4.81. The van der Waals surface area contributed by atoms with E-state index in [1.165, 1.54) is 18.4 Å². The molecule has 0 spiro atoms. The Balaban J connectivity index is 1.98. The van der Waals surface area contributed by atoms with Crippen LogP contribution in [0.1, 0.15) is 31.2 Å². The number of ether oxygens (including phenoxy) is 1. The molecule has 0 radical (unpaired) electrons. The molecule has 19 heavy (non-hydrogen) atoms. The number of carbonyl (C=O) groups is 1. The molecule has 1 fully saturated rings. The third-order valence-electron chi connectivity index (χ3n) is 3.26. The molecule has 2 rings (SSSR count). The van der Waals surface area contributed by atoms with Gasteiger partial charge in [0.1, 0.15) is 5.75 Å². The number of carbonyl (C=O) groups excluding carboxylic acids is 1. The number of hydrogen-bond acceptors (Lipinski definition) is 2. The maximum atomic E-state index is 11.8. The van der Waals surface area contributed by atoms with Crippen LogP contribution in [0.5, 0.6) is 5.75 Å². The second kappa shape index (κ2) is 6.27. The summed E-state index contributed by atoms with van der Waals surface area (Å²) in [5, 5.41) is 5.58. The monoisotopic (exact) mass is 260 g/mol. The number of urea groups is 1. The number of hydrogen-bond donors (Lipinski definition) is 2. The molecular formula is C15H20N2O2. The van der Waals surface area contributed by atoms with Crippen LogP contribution in [-0.2, 0) is 0 Å². The van der Waals surface area contributed by atoms with Crippen molar-refractivity contribution in [3.63, 3.8) is 0 Å². The Bertz CT molecular complexity index is 487. The summed E-state index contributed by atoms with van der Waals surface area (Å²) < 4.78 is 5.22. The van der Waals surface area contributed by atoms with Gasteiger partial charge in [-0.15, -0.1) is 0 Å². The molecule has 2 N–H and O–H groups in total. The normalized spacial score (nSPS) is 14.1. The molecule has 102 valence electrons. The summed E-state index contributed by atoms with van der Waals surface area (Å²) >= 11 is 0. The van der Waals surface area contributed by atoms with E-state index in [9.17, 15) is 4.79 Å². The summed E-state index contributed by atoms with van der Waals surface area (Å²) in [6, 6.07) is 5.45. The van der Waals surface area contributed by atoms with E-state index in [2.05, 4.69) is 10.6 Å². The average Bonchev–Trinajstić information content (AvgIpc) is 2.90. The van der Waals surface area contributed by atoms with Gasteiger partial charge in [0.05, 0.1) is 12.8 Å². The fourth-order valence-electron chi connectivity index (χ4n) is 2.22. The van der Waals surface area contributed by atoms with Crippen molar-refractivity contribution < 1.29 is 9.53 Å². The second-order valence-corrected chi connectivity index (χ2v) is 4.81. The first-order chi connectivity index (χ1) is 9.19. The summed E-state index contributed by atoms with van der Waals surface area (Å²) in [7, 11) is 1.59. The van der Waals surface area contributed by atoms with Gasteiger partial charge in [-0.1, -0.05) is 11.6 Å². The maximum absolute atomic E-state index is 11.8. The van der Waals surface area contributed by atoms with E-state index in [4.69, 9.17) is 4.74 Å². The number of methoxy groups -OCH3 is 1. The largest absolute Gasteiger partial charge is 0.495 e. The average molecular weight is 260 g/mol. The Labute approximate surface area is 113 Å². The Morgan fingerprint density at radius 2 is 2.05 bits per heavy atom. The lowest BCUT2D eigenvalue weighted by Crippen LogP contribution is -2.24. The minimum Gasteiger partial charge on any atom is -0.495 e. The molecule has 1 aromatic rings. The number of benzene rings is 1. The van der Waals surface area contributed by atoms with Gasteiger partial charge in [-0.2, -0.15) is 0 Å². The quantitative estimate of drug-likeness (QED) is 0.872.